The number of aryl methyl sites for hydroxylation is 1. The Morgan fingerprint density at radius 2 is 2.20 bits per heavy atom. The molecule has 0 aliphatic rings. The van der Waals surface area contributed by atoms with Gasteiger partial charge in [0.25, 0.3) is 0 Å². The standard InChI is InChI=1S/C14H18BrFN4/c1-3-17-12(8-13-18-9-19-20(13)4-2)14-10(15)6-5-7-11(14)16/h5-7,9,12,17H,3-4,8H2,1-2H3. The van der Waals surface area contributed by atoms with E-state index >= 15 is 0 Å². The minimum absolute atomic E-state index is 0.134. The Balaban J connectivity index is 2.32. The maximum atomic E-state index is 14.1. The van der Waals surface area contributed by atoms with Crippen molar-refractivity contribution < 1.29 is 4.39 Å². The molecule has 6 heteroatoms. The van der Waals surface area contributed by atoms with Crippen molar-refractivity contribution in [2.75, 3.05) is 6.54 Å². The number of nitrogens with zero attached hydrogens (tertiary/aromatic N) is 3. The van der Waals surface area contributed by atoms with Crippen molar-refractivity contribution in [1.29, 1.82) is 0 Å². The summed E-state index contributed by atoms with van der Waals surface area (Å²) in [7, 11) is 0. The zero-order chi connectivity index (χ0) is 14.5. The van der Waals surface area contributed by atoms with Crippen molar-refractivity contribution in [2.24, 2.45) is 0 Å². The molecule has 4 nitrogen and oxygen atoms in total. The minimum atomic E-state index is -0.215. The summed E-state index contributed by atoms with van der Waals surface area (Å²) in [4.78, 5) is 4.27. The zero-order valence-electron chi connectivity index (χ0n) is 11.6. The van der Waals surface area contributed by atoms with Gasteiger partial charge in [-0.25, -0.2) is 9.37 Å². The Morgan fingerprint density at radius 1 is 1.40 bits per heavy atom. The van der Waals surface area contributed by atoms with Crippen LogP contribution in [0.4, 0.5) is 4.39 Å². The number of halogens is 2. The van der Waals surface area contributed by atoms with Crippen LogP contribution in [0, 0.1) is 5.82 Å². The van der Waals surface area contributed by atoms with Gasteiger partial charge in [0.1, 0.15) is 18.0 Å². The molecular weight excluding hydrogens is 323 g/mol. The summed E-state index contributed by atoms with van der Waals surface area (Å²) in [6, 6.07) is 4.90. The summed E-state index contributed by atoms with van der Waals surface area (Å²) in [5, 5.41) is 7.48. The van der Waals surface area contributed by atoms with E-state index in [1.165, 1.54) is 12.4 Å². The molecule has 1 heterocycles. The molecule has 0 amide bonds. The van der Waals surface area contributed by atoms with E-state index in [-0.39, 0.29) is 11.9 Å². The largest absolute Gasteiger partial charge is 0.310 e. The fraction of sp³-hybridized carbons (Fsp3) is 0.429. The molecule has 1 unspecified atom stereocenters. The highest BCUT2D eigenvalue weighted by atomic mass is 79.9. The van der Waals surface area contributed by atoms with Gasteiger partial charge < -0.3 is 5.32 Å². The number of hydrogen-bond donors (Lipinski definition) is 1. The van der Waals surface area contributed by atoms with Crippen LogP contribution in [-0.2, 0) is 13.0 Å². The lowest BCUT2D eigenvalue weighted by Gasteiger charge is -2.20. The number of aromatic nitrogens is 3. The summed E-state index contributed by atoms with van der Waals surface area (Å²) >= 11 is 3.43. The van der Waals surface area contributed by atoms with Crippen LogP contribution >= 0.6 is 15.9 Å². The molecule has 2 aromatic rings. The van der Waals surface area contributed by atoms with Gasteiger partial charge in [-0.1, -0.05) is 28.9 Å². The zero-order valence-corrected chi connectivity index (χ0v) is 13.2. The highest BCUT2D eigenvalue weighted by Crippen LogP contribution is 2.28. The molecule has 1 N–H and O–H groups in total. The predicted octanol–water partition coefficient (Wildman–Crippen LogP) is 3.09. The molecule has 108 valence electrons. The molecular formula is C14H18BrFN4. The Morgan fingerprint density at radius 3 is 2.85 bits per heavy atom. The monoisotopic (exact) mass is 340 g/mol. The molecule has 0 fully saturated rings. The smallest absolute Gasteiger partial charge is 0.138 e. The van der Waals surface area contributed by atoms with Gasteiger partial charge in [0.15, 0.2) is 0 Å². The molecule has 20 heavy (non-hydrogen) atoms. The second kappa shape index (κ2) is 6.95. The van der Waals surface area contributed by atoms with Crippen molar-refractivity contribution in [3.05, 3.63) is 46.2 Å². The van der Waals surface area contributed by atoms with Gasteiger partial charge in [0.2, 0.25) is 0 Å². The van der Waals surface area contributed by atoms with Gasteiger partial charge >= 0.3 is 0 Å². The number of benzene rings is 1. The van der Waals surface area contributed by atoms with Crippen LogP contribution < -0.4 is 5.32 Å². The van der Waals surface area contributed by atoms with Crippen LogP contribution in [0.3, 0.4) is 0 Å². The van der Waals surface area contributed by atoms with Crippen LogP contribution in [0.25, 0.3) is 0 Å². The van der Waals surface area contributed by atoms with E-state index in [0.717, 1.165) is 23.4 Å². The molecule has 1 aromatic heterocycles. The number of rotatable bonds is 6. The molecule has 1 atom stereocenters. The normalized spacial score (nSPS) is 12.6. The van der Waals surface area contributed by atoms with E-state index in [9.17, 15) is 4.39 Å². The quantitative estimate of drug-likeness (QED) is 0.878. The first-order valence-corrected chi connectivity index (χ1v) is 7.50. The summed E-state index contributed by atoms with van der Waals surface area (Å²) in [6.07, 6.45) is 2.14. The summed E-state index contributed by atoms with van der Waals surface area (Å²) in [5.74, 6) is 0.640. The van der Waals surface area contributed by atoms with Gasteiger partial charge in [-0.2, -0.15) is 5.10 Å². The molecule has 0 saturated carbocycles. The second-order valence-electron chi connectivity index (χ2n) is 4.44. The highest BCUT2D eigenvalue weighted by molar-refractivity contribution is 9.10. The first-order chi connectivity index (χ1) is 9.67. The fourth-order valence-electron chi connectivity index (χ4n) is 2.26. The first kappa shape index (κ1) is 15.1. The van der Waals surface area contributed by atoms with Gasteiger partial charge in [-0.15, -0.1) is 0 Å². The van der Waals surface area contributed by atoms with Gasteiger partial charge in [0, 0.05) is 29.0 Å². The second-order valence-corrected chi connectivity index (χ2v) is 5.30. The van der Waals surface area contributed by atoms with E-state index < -0.39 is 0 Å². The van der Waals surface area contributed by atoms with Crippen LogP contribution in [-0.4, -0.2) is 21.3 Å². The van der Waals surface area contributed by atoms with E-state index in [1.54, 1.807) is 6.07 Å². The third-order valence-corrected chi connectivity index (χ3v) is 3.87. The molecule has 0 aliphatic heterocycles. The van der Waals surface area contributed by atoms with Crippen LogP contribution in [0.2, 0.25) is 0 Å². The maximum absolute atomic E-state index is 14.1. The van der Waals surface area contributed by atoms with Crippen LogP contribution in [0.5, 0.6) is 0 Å². The van der Waals surface area contributed by atoms with E-state index in [1.807, 2.05) is 24.6 Å². The first-order valence-electron chi connectivity index (χ1n) is 6.71. The van der Waals surface area contributed by atoms with Gasteiger partial charge in [-0.3, -0.25) is 4.68 Å². The average Bonchev–Trinajstić information content (AvgIpc) is 2.86. The molecule has 0 radical (unpaired) electrons. The van der Waals surface area contributed by atoms with Gasteiger partial charge in [-0.05, 0) is 25.6 Å². The van der Waals surface area contributed by atoms with Crippen molar-refractivity contribution in [1.82, 2.24) is 20.1 Å². The lowest BCUT2D eigenvalue weighted by Crippen LogP contribution is -2.25. The Hall–Kier alpha value is -1.27. The van der Waals surface area contributed by atoms with Crippen molar-refractivity contribution in [2.45, 2.75) is 32.9 Å². The van der Waals surface area contributed by atoms with Crippen LogP contribution in [0.1, 0.15) is 31.3 Å². The summed E-state index contributed by atoms with van der Waals surface area (Å²) in [6.45, 7) is 5.53. The number of likely N-dealkylation sites (N-methyl/N-ethyl adjacent to an activating group) is 1. The lowest BCUT2D eigenvalue weighted by molar-refractivity contribution is 0.483. The molecule has 0 saturated heterocycles. The maximum Gasteiger partial charge on any atom is 0.138 e. The van der Waals surface area contributed by atoms with Gasteiger partial charge in [0.05, 0.1) is 0 Å². The molecule has 2 rings (SSSR count). The van der Waals surface area contributed by atoms with E-state index in [0.29, 0.717) is 12.0 Å². The van der Waals surface area contributed by atoms with E-state index in [4.69, 9.17) is 0 Å². The topological polar surface area (TPSA) is 42.7 Å². The third kappa shape index (κ3) is 3.24. The Labute approximate surface area is 126 Å². The lowest BCUT2D eigenvalue weighted by atomic mass is 10.0. The van der Waals surface area contributed by atoms with E-state index in [2.05, 4.69) is 31.3 Å². The summed E-state index contributed by atoms with van der Waals surface area (Å²) in [5.41, 5.74) is 0.639. The van der Waals surface area contributed by atoms with Crippen molar-refractivity contribution in [3.8, 4) is 0 Å². The average molecular weight is 341 g/mol. The fourth-order valence-corrected chi connectivity index (χ4v) is 2.88. The SMILES string of the molecule is CCNC(Cc1ncnn1CC)c1c(F)cccc1Br. The molecule has 0 aliphatic carbocycles. The highest BCUT2D eigenvalue weighted by Gasteiger charge is 2.20. The molecule has 0 spiro atoms. The third-order valence-electron chi connectivity index (χ3n) is 3.18. The predicted molar refractivity (Wildman–Crippen MR) is 79.9 cm³/mol. The number of hydrogen-bond acceptors (Lipinski definition) is 3. The molecule has 1 aromatic carbocycles. The minimum Gasteiger partial charge on any atom is -0.310 e. The van der Waals surface area contributed by atoms with Crippen molar-refractivity contribution in [3.63, 3.8) is 0 Å². The Bertz CT molecular complexity index is 550. The Kier molecular flexibility index (Phi) is 5.25. The number of nitrogens with one attached hydrogen (secondary N) is 1. The van der Waals surface area contributed by atoms with Crippen molar-refractivity contribution >= 4 is 15.9 Å². The molecule has 0 bridgehead atoms. The summed E-state index contributed by atoms with van der Waals surface area (Å²) < 4.78 is 16.7. The van der Waals surface area contributed by atoms with Crippen LogP contribution in [0.15, 0.2) is 29.0 Å².